The summed E-state index contributed by atoms with van der Waals surface area (Å²) in [5.41, 5.74) is 2.12. The molecule has 1 saturated heterocycles. The van der Waals surface area contributed by atoms with E-state index in [2.05, 4.69) is 10.6 Å². The molecule has 3 rings (SSSR count). The number of carbonyl (C=O) groups is 3. The van der Waals surface area contributed by atoms with Gasteiger partial charge in [0.1, 0.15) is 11.5 Å². The van der Waals surface area contributed by atoms with Crippen LogP contribution in [0.5, 0.6) is 0 Å². The molecule has 0 radical (unpaired) electrons. The van der Waals surface area contributed by atoms with E-state index in [1.165, 1.54) is 0 Å². The first-order valence-electron chi connectivity index (χ1n) is 7.73. The van der Waals surface area contributed by atoms with Crippen LogP contribution >= 0.6 is 0 Å². The fraction of sp³-hybridized carbons (Fsp3) is 0.278. The molecule has 1 aliphatic rings. The standard InChI is InChI=1S/C18H18N2O4/c1-10-7-15(11(2)24-10)18(23)19-14-5-3-12(4-6-14)8-13-9-16(21)20-17(13)22/h3-7,13H,8-9H2,1-2H3,(H,19,23)(H,20,21,22). The first kappa shape index (κ1) is 16.0. The smallest absolute Gasteiger partial charge is 0.259 e. The van der Waals surface area contributed by atoms with Gasteiger partial charge in [-0.2, -0.15) is 0 Å². The van der Waals surface area contributed by atoms with Crippen molar-refractivity contribution < 1.29 is 18.8 Å². The van der Waals surface area contributed by atoms with E-state index >= 15 is 0 Å². The Hall–Kier alpha value is -2.89. The molecule has 1 unspecified atom stereocenters. The average molecular weight is 326 g/mol. The van der Waals surface area contributed by atoms with Crippen LogP contribution in [0, 0.1) is 19.8 Å². The molecule has 0 bridgehead atoms. The number of anilines is 1. The van der Waals surface area contributed by atoms with E-state index in [9.17, 15) is 14.4 Å². The van der Waals surface area contributed by atoms with Gasteiger partial charge >= 0.3 is 0 Å². The fourth-order valence-electron chi connectivity index (χ4n) is 2.84. The van der Waals surface area contributed by atoms with Gasteiger partial charge in [-0.15, -0.1) is 0 Å². The van der Waals surface area contributed by atoms with E-state index in [1.54, 1.807) is 32.0 Å². The SMILES string of the molecule is Cc1cc(C(=O)Nc2ccc(CC3CC(=O)NC3=O)cc2)c(C)o1. The van der Waals surface area contributed by atoms with Crippen LogP contribution in [-0.4, -0.2) is 17.7 Å². The number of furan rings is 1. The molecule has 2 aromatic rings. The number of hydrogen-bond donors (Lipinski definition) is 2. The van der Waals surface area contributed by atoms with E-state index in [4.69, 9.17) is 4.42 Å². The number of hydrogen-bond acceptors (Lipinski definition) is 4. The topological polar surface area (TPSA) is 88.4 Å². The molecule has 6 heteroatoms. The molecule has 1 fully saturated rings. The minimum Gasteiger partial charge on any atom is -0.466 e. The molecule has 6 nitrogen and oxygen atoms in total. The third-order valence-electron chi connectivity index (χ3n) is 4.04. The lowest BCUT2D eigenvalue weighted by Gasteiger charge is -2.08. The lowest BCUT2D eigenvalue weighted by atomic mass is 9.98. The molecule has 2 heterocycles. The van der Waals surface area contributed by atoms with Crippen molar-refractivity contribution in [3.63, 3.8) is 0 Å². The minimum atomic E-state index is -0.311. The zero-order chi connectivity index (χ0) is 17.3. The number of carbonyl (C=O) groups excluding carboxylic acids is 3. The van der Waals surface area contributed by atoms with E-state index in [1.807, 2.05) is 12.1 Å². The summed E-state index contributed by atoms with van der Waals surface area (Å²) in [7, 11) is 0. The third kappa shape index (κ3) is 3.37. The van der Waals surface area contributed by atoms with Gasteiger partial charge in [-0.1, -0.05) is 12.1 Å². The molecule has 1 atom stereocenters. The van der Waals surface area contributed by atoms with Crippen molar-refractivity contribution in [1.29, 1.82) is 0 Å². The van der Waals surface area contributed by atoms with Crippen molar-refractivity contribution in [1.82, 2.24) is 5.32 Å². The Labute approximate surface area is 139 Å². The Morgan fingerprint density at radius 1 is 1.25 bits per heavy atom. The number of benzene rings is 1. The molecule has 3 amide bonds. The number of rotatable bonds is 4. The second-order valence-electron chi connectivity index (χ2n) is 6.00. The van der Waals surface area contributed by atoms with Crippen molar-refractivity contribution in [3.05, 3.63) is 53.0 Å². The van der Waals surface area contributed by atoms with Crippen LogP contribution in [0.2, 0.25) is 0 Å². The van der Waals surface area contributed by atoms with Crippen LogP contribution in [0.1, 0.15) is 33.9 Å². The van der Waals surface area contributed by atoms with E-state index in [0.717, 1.165) is 5.56 Å². The summed E-state index contributed by atoms with van der Waals surface area (Å²) in [5, 5.41) is 5.12. The molecule has 0 spiro atoms. The van der Waals surface area contributed by atoms with Gasteiger partial charge in [0.15, 0.2) is 0 Å². The highest BCUT2D eigenvalue weighted by Crippen LogP contribution is 2.20. The predicted octanol–water partition coefficient (Wildman–Crippen LogP) is 2.35. The zero-order valence-electron chi connectivity index (χ0n) is 13.5. The monoisotopic (exact) mass is 326 g/mol. The highest BCUT2D eigenvalue weighted by molar-refractivity contribution is 6.05. The number of imide groups is 1. The van der Waals surface area contributed by atoms with E-state index in [0.29, 0.717) is 29.2 Å². The van der Waals surface area contributed by atoms with Gasteiger partial charge in [0.25, 0.3) is 5.91 Å². The minimum absolute atomic E-state index is 0.219. The molecule has 0 saturated carbocycles. The van der Waals surface area contributed by atoms with E-state index in [-0.39, 0.29) is 30.1 Å². The lowest BCUT2D eigenvalue weighted by Crippen LogP contribution is -2.22. The maximum atomic E-state index is 12.2. The van der Waals surface area contributed by atoms with Gasteiger partial charge in [0.2, 0.25) is 11.8 Å². The lowest BCUT2D eigenvalue weighted by molar-refractivity contribution is -0.125. The summed E-state index contributed by atoms with van der Waals surface area (Å²) < 4.78 is 5.36. The molecule has 24 heavy (non-hydrogen) atoms. The largest absolute Gasteiger partial charge is 0.466 e. The normalized spacial score (nSPS) is 17.0. The fourth-order valence-corrected chi connectivity index (χ4v) is 2.84. The number of nitrogens with one attached hydrogen (secondary N) is 2. The summed E-state index contributed by atoms with van der Waals surface area (Å²) >= 11 is 0. The quantitative estimate of drug-likeness (QED) is 0.844. The first-order valence-corrected chi connectivity index (χ1v) is 7.73. The number of aryl methyl sites for hydroxylation is 2. The average Bonchev–Trinajstić information content (AvgIpc) is 3.02. The summed E-state index contributed by atoms with van der Waals surface area (Å²) in [6, 6.07) is 8.96. The Kier molecular flexibility index (Phi) is 4.20. The van der Waals surface area contributed by atoms with Gasteiger partial charge in [-0.05, 0) is 44.0 Å². The van der Waals surface area contributed by atoms with Crippen LogP contribution < -0.4 is 10.6 Å². The van der Waals surface area contributed by atoms with Crippen LogP contribution in [0.3, 0.4) is 0 Å². The van der Waals surface area contributed by atoms with Crippen molar-refractivity contribution in [3.8, 4) is 0 Å². The molecule has 0 aliphatic carbocycles. The summed E-state index contributed by atoms with van der Waals surface area (Å²) in [6.07, 6.45) is 0.738. The highest BCUT2D eigenvalue weighted by Gasteiger charge is 2.30. The summed E-state index contributed by atoms with van der Waals surface area (Å²) in [5.74, 6) is 0.297. The summed E-state index contributed by atoms with van der Waals surface area (Å²) in [4.78, 5) is 35.0. The van der Waals surface area contributed by atoms with Crippen LogP contribution in [0.15, 0.2) is 34.7 Å². The molecule has 1 aromatic heterocycles. The third-order valence-corrected chi connectivity index (χ3v) is 4.04. The zero-order valence-corrected chi connectivity index (χ0v) is 13.5. The van der Waals surface area contributed by atoms with Crippen molar-refractivity contribution in [2.45, 2.75) is 26.7 Å². The van der Waals surface area contributed by atoms with Gasteiger partial charge in [0, 0.05) is 12.1 Å². The Morgan fingerprint density at radius 2 is 1.96 bits per heavy atom. The highest BCUT2D eigenvalue weighted by atomic mass is 16.3. The maximum Gasteiger partial charge on any atom is 0.259 e. The summed E-state index contributed by atoms with van der Waals surface area (Å²) in [6.45, 7) is 3.54. The van der Waals surface area contributed by atoms with Crippen molar-refractivity contribution in [2.24, 2.45) is 5.92 Å². The molecule has 1 aliphatic heterocycles. The second kappa shape index (κ2) is 6.31. The molecular weight excluding hydrogens is 308 g/mol. The van der Waals surface area contributed by atoms with Gasteiger partial charge < -0.3 is 9.73 Å². The molecular formula is C18H18N2O4. The maximum absolute atomic E-state index is 12.2. The Balaban J connectivity index is 1.64. The molecule has 124 valence electrons. The van der Waals surface area contributed by atoms with Crippen LogP contribution in [0.4, 0.5) is 5.69 Å². The van der Waals surface area contributed by atoms with Crippen LogP contribution in [0.25, 0.3) is 0 Å². The van der Waals surface area contributed by atoms with Gasteiger partial charge in [0.05, 0.1) is 11.5 Å². The molecule has 2 N–H and O–H groups in total. The first-order chi connectivity index (χ1) is 11.4. The molecule has 1 aromatic carbocycles. The predicted molar refractivity (Wildman–Crippen MR) is 87.5 cm³/mol. The van der Waals surface area contributed by atoms with Gasteiger partial charge in [-0.25, -0.2) is 0 Å². The van der Waals surface area contributed by atoms with E-state index < -0.39 is 0 Å². The van der Waals surface area contributed by atoms with Crippen molar-refractivity contribution in [2.75, 3.05) is 5.32 Å². The van der Waals surface area contributed by atoms with Gasteiger partial charge in [-0.3, -0.25) is 19.7 Å². The Morgan fingerprint density at radius 3 is 2.50 bits per heavy atom. The Bertz CT molecular complexity index is 805. The van der Waals surface area contributed by atoms with Crippen LogP contribution in [-0.2, 0) is 16.0 Å². The second-order valence-corrected chi connectivity index (χ2v) is 6.00. The van der Waals surface area contributed by atoms with Crippen molar-refractivity contribution >= 4 is 23.4 Å². The number of amides is 3.